The third kappa shape index (κ3) is 5.06. The van der Waals surface area contributed by atoms with Crippen LogP contribution in [0.1, 0.15) is 36.8 Å². The number of carbonyl (C=O) groups excluding carboxylic acids is 2. The minimum atomic E-state index is -0.539. The number of hydrogen-bond acceptors (Lipinski definition) is 4. The van der Waals surface area contributed by atoms with Gasteiger partial charge in [-0.1, -0.05) is 25.0 Å². The van der Waals surface area contributed by atoms with Crippen LogP contribution in [0.4, 0.5) is 0 Å². The number of benzene rings is 1. The standard InChI is InChI=1S/C17H23NO4/c1-12-7-8-13(2)15(9-12)21-11-17(20)22-10-16(19)18-14-5-3-4-6-14/h7-9,14H,3-6,10-11H2,1-2H3,(H,18,19). The predicted molar refractivity (Wildman–Crippen MR) is 82.8 cm³/mol. The number of carbonyl (C=O) groups is 2. The molecule has 0 atom stereocenters. The molecule has 120 valence electrons. The second-order valence-corrected chi connectivity index (χ2v) is 5.77. The summed E-state index contributed by atoms with van der Waals surface area (Å²) in [6, 6.07) is 6.02. The zero-order chi connectivity index (χ0) is 15.9. The molecule has 5 heteroatoms. The third-order valence-electron chi connectivity index (χ3n) is 3.77. The monoisotopic (exact) mass is 305 g/mol. The van der Waals surface area contributed by atoms with Crippen LogP contribution in [0.3, 0.4) is 0 Å². The predicted octanol–water partition coefficient (Wildman–Crippen LogP) is 2.28. The van der Waals surface area contributed by atoms with Gasteiger partial charge >= 0.3 is 5.97 Å². The fraction of sp³-hybridized carbons (Fsp3) is 0.529. The Labute approximate surface area is 131 Å². The Balaban J connectivity index is 1.69. The molecule has 1 amide bonds. The van der Waals surface area contributed by atoms with E-state index in [9.17, 15) is 9.59 Å². The van der Waals surface area contributed by atoms with Gasteiger partial charge in [0.15, 0.2) is 13.2 Å². The van der Waals surface area contributed by atoms with Crippen molar-refractivity contribution < 1.29 is 19.1 Å². The smallest absolute Gasteiger partial charge is 0.344 e. The molecule has 0 radical (unpaired) electrons. The Kier molecular flexibility index (Phi) is 5.81. The van der Waals surface area contributed by atoms with Crippen molar-refractivity contribution in [2.45, 2.75) is 45.6 Å². The van der Waals surface area contributed by atoms with E-state index in [1.165, 1.54) is 0 Å². The van der Waals surface area contributed by atoms with Crippen LogP contribution in [-0.2, 0) is 14.3 Å². The topological polar surface area (TPSA) is 64.6 Å². The van der Waals surface area contributed by atoms with Crippen LogP contribution in [0.25, 0.3) is 0 Å². The zero-order valence-corrected chi connectivity index (χ0v) is 13.2. The molecule has 1 aromatic carbocycles. The summed E-state index contributed by atoms with van der Waals surface area (Å²) in [5.41, 5.74) is 2.02. The van der Waals surface area contributed by atoms with Crippen LogP contribution in [0.2, 0.25) is 0 Å². The van der Waals surface area contributed by atoms with Crippen LogP contribution in [0.5, 0.6) is 5.75 Å². The van der Waals surface area contributed by atoms with Gasteiger partial charge in [0, 0.05) is 6.04 Å². The molecule has 5 nitrogen and oxygen atoms in total. The van der Waals surface area contributed by atoms with Crippen molar-refractivity contribution in [1.29, 1.82) is 0 Å². The van der Waals surface area contributed by atoms with Gasteiger partial charge in [0.2, 0.25) is 0 Å². The number of nitrogens with one attached hydrogen (secondary N) is 1. The molecule has 0 saturated heterocycles. The molecular formula is C17H23NO4. The Morgan fingerprint density at radius 1 is 1.18 bits per heavy atom. The highest BCUT2D eigenvalue weighted by Gasteiger charge is 2.18. The fourth-order valence-corrected chi connectivity index (χ4v) is 2.53. The molecule has 1 N–H and O–H groups in total. The fourth-order valence-electron chi connectivity index (χ4n) is 2.53. The molecule has 1 aliphatic carbocycles. The normalized spacial score (nSPS) is 14.6. The Morgan fingerprint density at radius 3 is 2.64 bits per heavy atom. The van der Waals surface area contributed by atoms with E-state index in [1.807, 2.05) is 32.0 Å². The van der Waals surface area contributed by atoms with Crippen molar-refractivity contribution in [3.8, 4) is 5.75 Å². The average Bonchev–Trinajstić information content (AvgIpc) is 2.99. The highest BCUT2D eigenvalue weighted by molar-refractivity contribution is 5.81. The number of hydrogen-bond donors (Lipinski definition) is 1. The van der Waals surface area contributed by atoms with Gasteiger partial charge in [-0.15, -0.1) is 0 Å². The van der Waals surface area contributed by atoms with E-state index in [0.29, 0.717) is 5.75 Å². The van der Waals surface area contributed by atoms with Gasteiger partial charge in [0.25, 0.3) is 5.91 Å². The maximum atomic E-state index is 11.6. The molecule has 1 aromatic rings. The SMILES string of the molecule is Cc1ccc(C)c(OCC(=O)OCC(=O)NC2CCCC2)c1. The number of aryl methyl sites for hydroxylation is 2. The summed E-state index contributed by atoms with van der Waals surface area (Å²) >= 11 is 0. The first-order chi connectivity index (χ1) is 10.5. The van der Waals surface area contributed by atoms with Crippen molar-refractivity contribution in [3.05, 3.63) is 29.3 Å². The second kappa shape index (κ2) is 7.82. The maximum absolute atomic E-state index is 11.6. The van der Waals surface area contributed by atoms with Crippen molar-refractivity contribution >= 4 is 11.9 Å². The van der Waals surface area contributed by atoms with E-state index in [1.54, 1.807) is 0 Å². The third-order valence-corrected chi connectivity index (χ3v) is 3.77. The van der Waals surface area contributed by atoms with E-state index >= 15 is 0 Å². The molecule has 0 unspecified atom stereocenters. The molecule has 0 spiro atoms. The molecule has 1 saturated carbocycles. The highest BCUT2D eigenvalue weighted by atomic mass is 16.6. The number of rotatable bonds is 6. The molecule has 0 aromatic heterocycles. The first kappa shape index (κ1) is 16.3. The highest BCUT2D eigenvalue weighted by Crippen LogP contribution is 2.19. The molecular weight excluding hydrogens is 282 g/mol. The summed E-state index contributed by atoms with van der Waals surface area (Å²) in [6.07, 6.45) is 4.31. The largest absolute Gasteiger partial charge is 0.482 e. The van der Waals surface area contributed by atoms with Gasteiger partial charge in [-0.05, 0) is 43.9 Å². The van der Waals surface area contributed by atoms with Crippen LogP contribution >= 0.6 is 0 Å². The minimum absolute atomic E-state index is 0.193. The summed E-state index contributed by atoms with van der Waals surface area (Å²) in [5.74, 6) is -0.123. The zero-order valence-electron chi connectivity index (χ0n) is 13.2. The van der Waals surface area contributed by atoms with Crippen LogP contribution in [-0.4, -0.2) is 31.1 Å². The van der Waals surface area contributed by atoms with Gasteiger partial charge in [-0.2, -0.15) is 0 Å². The second-order valence-electron chi connectivity index (χ2n) is 5.77. The lowest BCUT2D eigenvalue weighted by molar-refractivity contribution is -0.150. The van der Waals surface area contributed by atoms with Crippen LogP contribution in [0.15, 0.2) is 18.2 Å². The van der Waals surface area contributed by atoms with Gasteiger partial charge < -0.3 is 14.8 Å². The number of amides is 1. The lowest BCUT2D eigenvalue weighted by Crippen LogP contribution is -2.36. The number of ether oxygens (including phenoxy) is 2. The molecule has 0 aliphatic heterocycles. The van der Waals surface area contributed by atoms with Gasteiger partial charge in [-0.3, -0.25) is 4.79 Å². The Bertz CT molecular complexity index is 535. The van der Waals surface area contributed by atoms with E-state index in [-0.39, 0.29) is 25.2 Å². The van der Waals surface area contributed by atoms with Crippen LogP contribution < -0.4 is 10.1 Å². The molecule has 1 aliphatic rings. The first-order valence-electron chi connectivity index (χ1n) is 7.69. The van der Waals surface area contributed by atoms with Crippen molar-refractivity contribution in [2.75, 3.05) is 13.2 Å². The molecule has 0 heterocycles. The van der Waals surface area contributed by atoms with Gasteiger partial charge in [0.1, 0.15) is 5.75 Å². The summed E-state index contributed by atoms with van der Waals surface area (Å²) < 4.78 is 10.4. The van der Waals surface area contributed by atoms with Gasteiger partial charge in [0.05, 0.1) is 0 Å². The minimum Gasteiger partial charge on any atom is -0.482 e. The lowest BCUT2D eigenvalue weighted by atomic mass is 10.1. The summed E-state index contributed by atoms with van der Waals surface area (Å²) in [7, 11) is 0. The molecule has 0 bridgehead atoms. The Morgan fingerprint density at radius 2 is 1.91 bits per heavy atom. The molecule has 1 fully saturated rings. The lowest BCUT2D eigenvalue weighted by Gasteiger charge is -2.12. The quantitative estimate of drug-likeness (QED) is 0.819. The van der Waals surface area contributed by atoms with E-state index < -0.39 is 5.97 Å². The van der Waals surface area contributed by atoms with Gasteiger partial charge in [-0.25, -0.2) is 4.79 Å². The first-order valence-corrected chi connectivity index (χ1v) is 7.69. The summed E-state index contributed by atoms with van der Waals surface area (Å²) in [4.78, 5) is 23.3. The molecule has 22 heavy (non-hydrogen) atoms. The van der Waals surface area contributed by atoms with Crippen molar-refractivity contribution in [2.24, 2.45) is 0 Å². The average molecular weight is 305 g/mol. The maximum Gasteiger partial charge on any atom is 0.344 e. The summed E-state index contributed by atoms with van der Waals surface area (Å²) in [5, 5.41) is 2.87. The van der Waals surface area contributed by atoms with E-state index in [4.69, 9.17) is 9.47 Å². The van der Waals surface area contributed by atoms with E-state index in [0.717, 1.165) is 36.8 Å². The Hall–Kier alpha value is -2.04. The van der Waals surface area contributed by atoms with E-state index in [2.05, 4.69) is 5.32 Å². The van der Waals surface area contributed by atoms with Crippen molar-refractivity contribution in [1.82, 2.24) is 5.32 Å². The van der Waals surface area contributed by atoms with Crippen LogP contribution in [0, 0.1) is 13.8 Å². The molecule has 2 rings (SSSR count). The summed E-state index contributed by atoms with van der Waals surface area (Å²) in [6.45, 7) is 3.43. The number of esters is 1. The van der Waals surface area contributed by atoms with Crippen molar-refractivity contribution in [3.63, 3.8) is 0 Å².